The van der Waals surface area contributed by atoms with Crippen LogP contribution in [0.2, 0.25) is 0 Å². The molecule has 1 aliphatic carbocycles. The summed E-state index contributed by atoms with van der Waals surface area (Å²) in [5, 5.41) is 14.5. The van der Waals surface area contributed by atoms with Crippen molar-refractivity contribution in [1.82, 2.24) is 15.5 Å². The smallest absolute Gasteiger partial charge is 0.410 e. The van der Waals surface area contributed by atoms with Gasteiger partial charge < -0.3 is 26.2 Å². The second kappa shape index (κ2) is 11.3. The zero-order chi connectivity index (χ0) is 24.8. The molecule has 0 radical (unpaired) electrons. The Morgan fingerprint density at radius 1 is 1.06 bits per heavy atom. The molecule has 11 heteroatoms. The van der Waals surface area contributed by atoms with Gasteiger partial charge in [-0.1, -0.05) is 0 Å². The summed E-state index contributed by atoms with van der Waals surface area (Å²) >= 11 is 0. The summed E-state index contributed by atoms with van der Waals surface area (Å²) < 4.78 is 5.40. The molecule has 2 rings (SSSR count). The van der Waals surface area contributed by atoms with E-state index in [-0.39, 0.29) is 17.7 Å². The molecule has 186 valence electrons. The Balaban J connectivity index is 1.78. The van der Waals surface area contributed by atoms with Crippen molar-refractivity contribution in [3.8, 4) is 0 Å². The number of carbonyl (C=O) groups excluding carboxylic acids is 4. The van der Waals surface area contributed by atoms with Gasteiger partial charge in [-0.3, -0.25) is 19.3 Å². The van der Waals surface area contributed by atoms with Crippen LogP contribution in [0, 0.1) is 11.8 Å². The molecule has 1 saturated carbocycles. The lowest BCUT2D eigenvalue weighted by atomic mass is 9.81. The fourth-order valence-corrected chi connectivity index (χ4v) is 4.26. The van der Waals surface area contributed by atoms with Crippen LogP contribution in [0.4, 0.5) is 4.79 Å². The van der Waals surface area contributed by atoms with E-state index in [0.717, 1.165) is 6.42 Å². The standard InChI is InChI=1S/C22H36N4O7/c1-22(2,3)33-21(32)26-10-4-5-16(26)19(29)24-12-13-6-8-14(9-7-13)18(28)25-15(20(30)31)11-17(23)27/h13-16H,4-12H2,1-3H3,(H2,23,27)(H,24,29)(H,25,28)(H,30,31)/t13?,14?,15-,16+/m0/s1. The summed E-state index contributed by atoms with van der Waals surface area (Å²) in [6.07, 6.45) is 2.91. The van der Waals surface area contributed by atoms with Crippen LogP contribution < -0.4 is 16.4 Å². The monoisotopic (exact) mass is 468 g/mol. The lowest BCUT2D eigenvalue weighted by Gasteiger charge is -2.30. The number of carboxylic acids is 1. The Labute approximate surface area is 193 Å². The number of nitrogens with zero attached hydrogens (tertiary/aromatic N) is 1. The van der Waals surface area contributed by atoms with Crippen molar-refractivity contribution >= 4 is 29.8 Å². The Bertz CT molecular complexity index is 756. The minimum Gasteiger partial charge on any atom is -0.480 e. The number of carboxylic acid groups (broad SMARTS) is 1. The average molecular weight is 469 g/mol. The van der Waals surface area contributed by atoms with Gasteiger partial charge in [-0.2, -0.15) is 0 Å². The summed E-state index contributed by atoms with van der Waals surface area (Å²) in [7, 11) is 0. The van der Waals surface area contributed by atoms with Gasteiger partial charge in [-0.25, -0.2) is 9.59 Å². The molecule has 0 aromatic heterocycles. The van der Waals surface area contributed by atoms with Gasteiger partial charge in [0.15, 0.2) is 0 Å². The van der Waals surface area contributed by atoms with Gasteiger partial charge in [0.25, 0.3) is 0 Å². The number of nitrogens with two attached hydrogens (primary N) is 1. The van der Waals surface area contributed by atoms with Crippen molar-refractivity contribution in [2.75, 3.05) is 13.1 Å². The first-order valence-electron chi connectivity index (χ1n) is 11.5. The third-order valence-corrected chi connectivity index (χ3v) is 5.99. The van der Waals surface area contributed by atoms with Crippen LogP contribution >= 0.6 is 0 Å². The number of primary amides is 1. The van der Waals surface area contributed by atoms with Crippen molar-refractivity contribution in [2.24, 2.45) is 17.6 Å². The molecule has 0 aromatic rings. The van der Waals surface area contributed by atoms with E-state index in [9.17, 15) is 24.0 Å². The van der Waals surface area contributed by atoms with E-state index in [4.69, 9.17) is 15.6 Å². The fourth-order valence-electron chi connectivity index (χ4n) is 4.26. The van der Waals surface area contributed by atoms with E-state index in [0.29, 0.717) is 45.2 Å². The van der Waals surface area contributed by atoms with E-state index >= 15 is 0 Å². The first-order valence-corrected chi connectivity index (χ1v) is 11.5. The summed E-state index contributed by atoms with van der Waals surface area (Å²) in [4.78, 5) is 61.2. The largest absolute Gasteiger partial charge is 0.480 e. The van der Waals surface area contributed by atoms with Gasteiger partial charge >= 0.3 is 12.1 Å². The number of hydrogen-bond acceptors (Lipinski definition) is 6. The first kappa shape index (κ1) is 26.4. The molecular weight excluding hydrogens is 432 g/mol. The quantitative estimate of drug-likeness (QED) is 0.407. The molecule has 4 amide bonds. The second-order valence-electron chi connectivity index (χ2n) is 9.86. The zero-order valence-electron chi connectivity index (χ0n) is 19.6. The summed E-state index contributed by atoms with van der Waals surface area (Å²) in [6.45, 7) is 6.29. The SMILES string of the molecule is CC(C)(C)OC(=O)N1CCC[C@@H]1C(=O)NCC1CCC(C(=O)N[C@@H](CC(N)=O)C(=O)O)CC1. The number of carbonyl (C=O) groups is 5. The number of ether oxygens (including phenoxy) is 1. The van der Waals surface area contributed by atoms with E-state index < -0.39 is 48.0 Å². The highest BCUT2D eigenvalue weighted by molar-refractivity contribution is 5.89. The molecule has 0 aromatic carbocycles. The molecule has 0 spiro atoms. The van der Waals surface area contributed by atoms with Crippen LogP contribution in [0.3, 0.4) is 0 Å². The molecule has 2 aliphatic rings. The molecule has 5 N–H and O–H groups in total. The molecule has 0 bridgehead atoms. The fraction of sp³-hybridized carbons (Fsp3) is 0.773. The predicted molar refractivity (Wildman–Crippen MR) is 118 cm³/mol. The van der Waals surface area contributed by atoms with Gasteiger partial charge in [0.05, 0.1) is 6.42 Å². The summed E-state index contributed by atoms with van der Waals surface area (Å²) in [5.41, 5.74) is 4.41. The highest BCUT2D eigenvalue weighted by Crippen LogP contribution is 2.29. The van der Waals surface area contributed by atoms with Crippen molar-refractivity contribution < 1.29 is 33.8 Å². The topological polar surface area (TPSA) is 168 Å². The minimum atomic E-state index is -1.33. The number of rotatable bonds is 8. The number of amides is 4. The molecule has 1 saturated heterocycles. The molecule has 0 unspecified atom stereocenters. The zero-order valence-corrected chi connectivity index (χ0v) is 19.6. The van der Waals surface area contributed by atoms with Gasteiger partial charge in [-0.05, 0) is 65.2 Å². The van der Waals surface area contributed by atoms with Crippen LogP contribution in [0.15, 0.2) is 0 Å². The summed E-state index contributed by atoms with van der Waals surface area (Å²) in [5.74, 6) is -2.85. The molecule has 1 aliphatic heterocycles. The third kappa shape index (κ3) is 8.21. The van der Waals surface area contributed by atoms with Crippen LogP contribution in [0.1, 0.15) is 65.7 Å². The highest BCUT2D eigenvalue weighted by Gasteiger charge is 2.37. The van der Waals surface area contributed by atoms with E-state index in [1.807, 2.05) is 0 Å². The van der Waals surface area contributed by atoms with Crippen LogP contribution in [-0.2, 0) is 23.9 Å². The lowest BCUT2D eigenvalue weighted by Crippen LogP contribution is -2.48. The normalized spacial score (nSPS) is 24.0. The van der Waals surface area contributed by atoms with Crippen LogP contribution in [0.25, 0.3) is 0 Å². The van der Waals surface area contributed by atoms with Crippen molar-refractivity contribution in [1.29, 1.82) is 0 Å². The minimum absolute atomic E-state index is 0.190. The second-order valence-corrected chi connectivity index (χ2v) is 9.86. The predicted octanol–water partition coefficient (Wildman–Crippen LogP) is 0.753. The van der Waals surface area contributed by atoms with Crippen LogP contribution in [0.5, 0.6) is 0 Å². The maximum atomic E-state index is 12.7. The Kier molecular flexibility index (Phi) is 9.07. The first-order chi connectivity index (χ1) is 15.4. The summed E-state index contributed by atoms with van der Waals surface area (Å²) in [6, 6.07) is -1.87. The number of hydrogen-bond donors (Lipinski definition) is 4. The van der Waals surface area contributed by atoms with E-state index in [1.165, 1.54) is 4.90 Å². The number of nitrogens with one attached hydrogen (secondary N) is 2. The molecule has 33 heavy (non-hydrogen) atoms. The molecule has 2 fully saturated rings. The molecule has 2 atom stereocenters. The maximum Gasteiger partial charge on any atom is 0.410 e. The van der Waals surface area contributed by atoms with Crippen molar-refractivity contribution in [3.63, 3.8) is 0 Å². The Hall–Kier alpha value is -2.85. The molecule has 11 nitrogen and oxygen atoms in total. The molecule has 1 heterocycles. The highest BCUT2D eigenvalue weighted by atomic mass is 16.6. The van der Waals surface area contributed by atoms with E-state index in [2.05, 4.69) is 10.6 Å². The number of aliphatic carboxylic acids is 1. The maximum absolute atomic E-state index is 12.7. The van der Waals surface area contributed by atoms with Crippen molar-refractivity contribution in [2.45, 2.75) is 83.4 Å². The molecular formula is C22H36N4O7. The van der Waals surface area contributed by atoms with Crippen molar-refractivity contribution in [3.05, 3.63) is 0 Å². The van der Waals surface area contributed by atoms with Gasteiger partial charge in [-0.15, -0.1) is 0 Å². The third-order valence-electron chi connectivity index (χ3n) is 5.99. The van der Waals surface area contributed by atoms with Gasteiger partial charge in [0.2, 0.25) is 17.7 Å². The number of likely N-dealkylation sites (tertiary alicyclic amines) is 1. The average Bonchev–Trinajstić information content (AvgIpc) is 3.20. The van der Waals surface area contributed by atoms with Crippen LogP contribution in [-0.4, -0.2) is 70.6 Å². The Morgan fingerprint density at radius 2 is 1.70 bits per heavy atom. The lowest BCUT2D eigenvalue weighted by molar-refractivity contribution is -0.144. The van der Waals surface area contributed by atoms with Gasteiger partial charge in [0.1, 0.15) is 17.7 Å². The van der Waals surface area contributed by atoms with Gasteiger partial charge in [0, 0.05) is 19.0 Å². The Morgan fingerprint density at radius 3 is 2.24 bits per heavy atom. The van der Waals surface area contributed by atoms with E-state index in [1.54, 1.807) is 20.8 Å².